The molecule has 0 spiro atoms. The van der Waals surface area contributed by atoms with Crippen LogP contribution in [0.5, 0.6) is 11.5 Å². The van der Waals surface area contributed by atoms with Crippen LogP contribution in [0.3, 0.4) is 0 Å². The molecule has 0 N–H and O–H groups in total. The van der Waals surface area contributed by atoms with E-state index in [1.165, 1.54) is 6.07 Å². The summed E-state index contributed by atoms with van der Waals surface area (Å²) >= 11 is 5.80. The minimum absolute atomic E-state index is 0.0461. The van der Waals surface area contributed by atoms with Crippen molar-refractivity contribution in [2.45, 2.75) is 19.4 Å². The molecule has 0 radical (unpaired) electrons. The van der Waals surface area contributed by atoms with Gasteiger partial charge in [0.05, 0.1) is 20.0 Å². The third-order valence-corrected chi connectivity index (χ3v) is 3.35. The first kappa shape index (κ1) is 17.8. The number of methoxy groups -OCH3 is 1. The van der Waals surface area contributed by atoms with Gasteiger partial charge in [-0.1, -0.05) is 29.8 Å². The summed E-state index contributed by atoms with van der Waals surface area (Å²) in [6.07, 6.45) is -0.108. The van der Waals surface area contributed by atoms with Crippen molar-refractivity contribution < 1.29 is 23.8 Å². The molecule has 0 atom stereocenters. The van der Waals surface area contributed by atoms with E-state index < -0.39 is 11.9 Å². The van der Waals surface area contributed by atoms with Gasteiger partial charge in [-0.3, -0.25) is 9.59 Å². The summed E-state index contributed by atoms with van der Waals surface area (Å²) in [4.78, 5) is 23.4. The summed E-state index contributed by atoms with van der Waals surface area (Å²) in [5.74, 6) is 0.0977. The summed E-state index contributed by atoms with van der Waals surface area (Å²) in [5.41, 5.74) is 0.839. The highest BCUT2D eigenvalue weighted by molar-refractivity contribution is 6.30. The van der Waals surface area contributed by atoms with E-state index in [-0.39, 0.29) is 19.4 Å². The zero-order valence-electron chi connectivity index (χ0n) is 13.2. The molecule has 6 heteroatoms. The first-order chi connectivity index (χ1) is 11.6. The molecule has 126 valence electrons. The number of halogens is 1. The highest BCUT2D eigenvalue weighted by Gasteiger charge is 2.10. The molecule has 0 unspecified atom stereocenters. The molecule has 0 aromatic heterocycles. The summed E-state index contributed by atoms with van der Waals surface area (Å²) < 4.78 is 15.3. The Morgan fingerprint density at radius 3 is 2.33 bits per heavy atom. The number of rotatable bonds is 7. The lowest BCUT2D eigenvalue weighted by atomic mass is 10.2. The minimum Gasteiger partial charge on any atom is -0.497 e. The molecule has 2 aromatic carbocycles. The van der Waals surface area contributed by atoms with Gasteiger partial charge in [-0.25, -0.2) is 0 Å². The lowest BCUT2D eigenvalue weighted by Crippen LogP contribution is -2.12. The van der Waals surface area contributed by atoms with Crippen molar-refractivity contribution in [3.63, 3.8) is 0 Å². The zero-order chi connectivity index (χ0) is 17.4. The fourth-order valence-electron chi connectivity index (χ4n) is 1.87. The Morgan fingerprint density at radius 2 is 1.67 bits per heavy atom. The van der Waals surface area contributed by atoms with E-state index in [4.69, 9.17) is 25.8 Å². The van der Waals surface area contributed by atoms with Crippen LogP contribution in [0.2, 0.25) is 5.02 Å². The Bertz CT molecular complexity index is 697. The number of benzene rings is 2. The number of carbonyl (C=O) groups excluding carboxylic acids is 2. The molecular formula is C18H17ClO5. The van der Waals surface area contributed by atoms with Crippen LogP contribution in [0, 0.1) is 0 Å². The maximum Gasteiger partial charge on any atom is 0.311 e. The SMILES string of the molecule is COc1ccc(COC(=O)CCC(=O)Oc2cccc(Cl)c2)cc1. The maximum atomic E-state index is 11.7. The third-order valence-electron chi connectivity index (χ3n) is 3.12. The van der Waals surface area contributed by atoms with E-state index >= 15 is 0 Å². The molecule has 0 heterocycles. The first-order valence-corrected chi connectivity index (χ1v) is 7.69. The van der Waals surface area contributed by atoms with Gasteiger partial charge >= 0.3 is 11.9 Å². The van der Waals surface area contributed by atoms with E-state index in [0.29, 0.717) is 10.8 Å². The van der Waals surface area contributed by atoms with Crippen molar-refractivity contribution in [3.8, 4) is 11.5 Å². The summed E-state index contributed by atoms with van der Waals surface area (Å²) in [6.45, 7) is 0.145. The molecule has 5 nitrogen and oxygen atoms in total. The Labute approximate surface area is 145 Å². The predicted molar refractivity (Wildman–Crippen MR) is 89.1 cm³/mol. The van der Waals surface area contributed by atoms with Crippen LogP contribution in [0.4, 0.5) is 0 Å². The Kier molecular flexibility index (Phi) is 6.63. The second-order valence-corrected chi connectivity index (χ2v) is 5.38. The van der Waals surface area contributed by atoms with Crippen LogP contribution in [0.25, 0.3) is 0 Å². The average Bonchev–Trinajstić information content (AvgIpc) is 2.58. The molecule has 0 aliphatic heterocycles. The van der Waals surface area contributed by atoms with Crippen LogP contribution >= 0.6 is 11.6 Å². The molecule has 0 saturated heterocycles. The van der Waals surface area contributed by atoms with E-state index in [0.717, 1.165) is 11.3 Å². The number of hydrogen-bond donors (Lipinski definition) is 0. The van der Waals surface area contributed by atoms with Gasteiger partial charge in [0.15, 0.2) is 0 Å². The van der Waals surface area contributed by atoms with Crippen molar-refractivity contribution in [2.75, 3.05) is 7.11 Å². The minimum atomic E-state index is -0.515. The van der Waals surface area contributed by atoms with Gasteiger partial charge in [-0.15, -0.1) is 0 Å². The Hall–Kier alpha value is -2.53. The van der Waals surface area contributed by atoms with Gasteiger partial charge < -0.3 is 14.2 Å². The summed E-state index contributed by atoms with van der Waals surface area (Å²) in [7, 11) is 1.58. The van der Waals surface area contributed by atoms with Crippen molar-refractivity contribution in [2.24, 2.45) is 0 Å². The van der Waals surface area contributed by atoms with Crippen molar-refractivity contribution in [1.29, 1.82) is 0 Å². The fourth-order valence-corrected chi connectivity index (χ4v) is 2.06. The Balaban J connectivity index is 1.71. The van der Waals surface area contributed by atoms with Gasteiger partial charge in [0.2, 0.25) is 0 Å². The van der Waals surface area contributed by atoms with Crippen LogP contribution in [0.1, 0.15) is 18.4 Å². The first-order valence-electron chi connectivity index (χ1n) is 7.31. The number of esters is 2. The molecule has 0 aliphatic carbocycles. The average molecular weight is 349 g/mol. The van der Waals surface area contributed by atoms with Crippen LogP contribution < -0.4 is 9.47 Å². The predicted octanol–water partition coefficient (Wildman–Crippen LogP) is 3.78. The van der Waals surface area contributed by atoms with E-state index in [9.17, 15) is 9.59 Å². The van der Waals surface area contributed by atoms with Gasteiger partial charge in [-0.05, 0) is 35.9 Å². The van der Waals surface area contributed by atoms with Crippen molar-refractivity contribution >= 4 is 23.5 Å². The van der Waals surface area contributed by atoms with Gasteiger partial charge in [0, 0.05) is 5.02 Å². The largest absolute Gasteiger partial charge is 0.497 e. The number of carbonyl (C=O) groups is 2. The highest BCUT2D eigenvalue weighted by atomic mass is 35.5. The van der Waals surface area contributed by atoms with Gasteiger partial charge in [0.25, 0.3) is 0 Å². The standard InChI is InChI=1S/C18H17ClO5/c1-22-15-7-5-13(6-8-15)12-23-17(20)9-10-18(21)24-16-4-2-3-14(19)11-16/h2-8,11H,9-10,12H2,1H3. The van der Waals surface area contributed by atoms with Gasteiger partial charge in [0.1, 0.15) is 18.1 Å². The second kappa shape index (κ2) is 8.93. The smallest absolute Gasteiger partial charge is 0.311 e. The zero-order valence-corrected chi connectivity index (χ0v) is 13.9. The van der Waals surface area contributed by atoms with Crippen LogP contribution in [-0.2, 0) is 20.9 Å². The topological polar surface area (TPSA) is 61.8 Å². The summed E-state index contributed by atoms with van der Waals surface area (Å²) in [5, 5.41) is 0.471. The molecule has 2 rings (SSSR count). The van der Waals surface area contributed by atoms with Crippen LogP contribution in [0.15, 0.2) is 48.5 Å². The molecule has 0 bridgehead atoms. The molecule has 0 amide bonds. The lowest BCUT2D eigenvalue weighted by molar-refractivity contribution is -0.148. The highest BCUT2D eigenvalue weighted by Crippen LogP contribution is 2.18. The Morgan fingerprint density at radius 1 is 0.958 bits per heavy atom. The monoisotopic (exact) mass is 348 g/mol. The maximum absolute atomic E-state index is 11.7. The molecule has 24 heavy (non-hydrogen) atoms. The van der Waals surface area contributed by atoms with Crippen LogP contribution in [-0.4, -0.2) is 19.0 Å². The molecule has 0 fully saturated rings. The number of ether oxygens (including phenoxy) is 3. The molecular weight excluding hydrogens is 332 g/mol. The normalized spacial score (nSPS) is 10.1. The van der Waals surface area contributed by atoms with Crippen molar-refractivity contribution in [1.82, 2.24) is 0 Å². The van der Waals surface area contributed by atoms with E-state index in [2.05, 4.69) is 0 Å². The second-order valence-electron chi connectivity index (χ2n) is 4.94. The van der Waals surface area contributed by atoms with E-state index in [1.54, 1.807) is 49.6 Å². The molecule has 0 aliphatic rings. The number of hydrogen-bond acceptors (Lipinski definition) is 5. The molecule has 2 aromatic rings. The quantitative estimate of drug-likeness (QED) is 0.563. The van der Waals surface area contributed by atoms with Gasteiger partial charge in [-0.2, -0.15) is 0 Å². The molecule has 0 saturated carbocycles. The summed E-state index contributed by atoms with van der Waals surface area (Å²) in [6, 6.07) is 13.7. The van der Waals surface area contributed by atoms with E-state index in [1.807, 2.05) is 0 Å². The third kappa shape index (κ3) is 5.93. The van der Waals surface area contributed by atoms with Crippen molar-refractivity contribution in [3.05, 3.63) is 59.1 Å². The fraction of sp³-hybridized carbons (Fsp3) is 0.222. The lowest BCUT2D eigenvalue weighted by Gasteiger charge is -2.06.